The molecule has 1 atom stereocenters. The second kappa shape index (κ2) is 10.5. The van der Waals surface area contributed by atoms with Gasteiger partial charge in [0.2, 0.25) is 0 Å². The van der Waals surface area contributed by atoms with Gasteiger partial charge in [-0.05, 0) is 45.0 Å². The fourth-order valence-electron chi connectivity index (χ4n) is 3.10. The summed E-state index contributed by atoms with van der Waals surface area (Å²) in [6.45, 7) is 5.51. The van der Waals surface area contributed by atoms with Gasteiger partial charge in [-0.25, -0.2) is 5.43 Å². The number of nitrogens with zero attached hydrogens (tertiary/aromatic N) is 2. The Bertz CT molecular complexity index is 1160. The van der Waals surface area contributed by atoms with E-state index >= 15 is 0 Å². The summed E-state index contributed by atoms with van der Waals surface area (Å²) in [5.41, 5.74) is 4.41. The average molecular weight is 475 g/mol. The molecule has 0 bridgehead atoms. The van der Waals surface area contributed by atoms with Crippen LogP contribution in [0.2, 0.25) is 10.0 Å². The number of nitrogens with one attached hydrogen (secondary N) is 2. The van der Waals surface area contributed by atoms with Gasteiger partial charge in [0.15, 0.2) is 6.10 Å². The number of rotatable bonds is 8. The number of ether oxygens (including phenoxy) is 1. The summed E-state index contributed by atoms with van der Waals surface area (Å²) in [4.78, 5) is 24.3. The maximum absolute atomic E-state index is 12.2. The molecule has 168 valence electrons. The Kier molecular flexibility index (Phi) is 7.77. The Morgan fingerprint density at radius 1 is 1.16 bits per heavy atom. The summed E-state index contributed by atoms with van der Waals surface area (Å²) in [6, 6.07) is 13.0. The number of hydrogen-bond acceptors (Lipinski definition) is 4. The Morgan fingerprint density at radius 2 is 1.91 bits per heavy atom. The van der Waals surface area contributed by atoms with Gasteiger partial charge in [0, 0.05) is 33.7 Å². The summed E-state index contributed by atoms with van der Waals surface area (Å²) >= 11 is 11.9. The molecule has 0 aliphatic heterocycles. The molecule has 3 rings (SSSR count). The number of para-hydroxylation sites is 1. The lowest BCUT2D eigenvalue weighted by Crippen LogP contribution is -2.41. The largest absolute Gasteiger partial charge is 0.479 e. The maximum Gasteiger partial charge on any atom is 0.261 e. The molecule has 0 aliphatic rings. The van der Waals surface area contributed by atoms with Gasteiger partial charge < -0.3 is 14.6 Å². The number of benzene rings is 2. The Morgan fingerprint density at radius 3 is 2.62 bits per heavy atom. The first kappa shape index (κ1) is 23.6. The van der Waals surface area contributed by atoms with Crippen molar-refractivity contribution in [3.05, 3.63) is 64.3 Å². The SMILES string of the molecule is CC(C)n1cc(/C=N\NC(=O)CNC(=O)[C@H](C)Oc2ccc(Cl)cc2Cl)c2ccccc21. The first-order chi connectivity index (χ1) is 15.3. The van der Waals surface area contributed by atoms with E-state index in [0.717, 1.165) is 16.5 Å². The lowest BCUT2D eigenvalue weighted by Gasteiger charge is -2.15. The first-order valence-electron chi connectivity index (χ1n) is 10.1. The molecular formula is C23H24Cl2N4O3. The van der Waals surface area contributed by atoms with Crippen molar-refractivity contribution >= 4 is 52.1 Å². The van der Waals surface area contributed by atoms with Crippen LogP contribution < -0.4 is 15.5 Å². The predicted molar refractivity (Wildman–Crippen MR) is 128 cm³/mol. The number of amides is 2. The third kappa shape index (κ3) is 5.81. The van der Waals surface area contributed by atoms with E-state index in [0.29, 0.717) is 21.8 Å². The minimum atomic E-state index is -0.855. The zero-order valence-corrected chi connectivity index (χ0v) is 19.4. The molecule has 7 nitrogen and oxygen atoms in total. The number of halogens is 2. The van der Waals surface area contributed by atoms with E-state index in [1.165, 1.54) is 6.07 Å². The second-order valence-corrected chi connectivity index (χ2v) is 8.29. The van der Waals surface area contributed by atoms with Crippen molar-refractivity contribution in [2.24, 2.45) is 5.10 Å². The standard InChI is InChI=1S/C23H24Cl2N4O3/c1-14(2)29-13-16(18-6-4-5-7-20(18)29)11-27-28-22(30)12-26-23(31)15(3)32-21-9-8-17(24)10-19(21)25/h4-11,13-15H,12H2,1-3H3,(H,26,31)(H,28,30)/b27-11-/t15-/m0/s1. The minimum Gasteiger partial charge on any atom is -0.479 e. The van der Waals surface area contributed by atoms with Crippen LogP contribution in [0.1, 0.15) is 32.4 Å². The summed E-state index contributed by atoms with van der Waals surface area (Å²) < 4.78 is 7.68. The third-order valence-corrected chi connectivity index (χ3v) is 5.24. The summed E-state index contributed by atoms with van der Waals surface area (Å²) in [6.07, 6.45) is 2.73. The van der Waals surface area contributed by atoms with Crippen LogP contribution in [0.4, 0.5) is 0 Å². The fourth-order valence-corrected chi connectivity index (χ4v) is 3.55. The van der Waals surface area contributed by atoms with Gasteiger partial charge in [0.1, 0.15) is 5.75 Å². The smallest absolute Gasteiger partial charge is 0.261 e. The first-order valence-corrected chi connectivity index (χ1v) is 10.8. The fraction of sp³-hybridized carbons (Fsp3) is 0.261. The van der Waals surface area contributed by atoms with Gasteiger partial charge in [-0.3, -0.25) is 9.59 Å². The molecule has 2 amide bonds. The van der Waals surface area contributed by atoms with Crippen LogP contribution >= 0.6 is 23.2 Å². The summed E-state index contributed by atoms with van der Waals surface area (Å²) in [5, 5.41) is 8.33. The molecule has 0 spiro atoms. The molecule has 0 fully saturated rings. The average Bonchev–Trinajstić information content (AvgIpc) is 3.13. The topological polar surface area (TPSA) is 84.7 Å². The van der Waals surface area contributed by atoms with Crippen LogP contribution in [-0.2, 0) is 9.59 Å². The molecule has 0 radical (unpaired) electrons. The number of carbonyl (C=O) groups is 2. The molecule has 1 heterocycles. The molecule has 2 aromatic carbocycles. The van der Waals surface area contributed by atoms with Crippen LogP contribution in [0.5, 0.6) is 5.75 Å². The molecule has 0 aliphatic carbocycles. The maximum atomic E-state index is 12.2. The molecule has 0 saturated carbocycles. The van der Waals surface area contributed by atoms with E-state index in [1.807, 2.05) is 30.5 Å². The molecule has 32 heavy (non-hydrogen) atoms. The van der Waals surface area contributed by atoms with Crippen molar-refractivity contribution in [2.75, 3.05) is 6.54 Å². The molecule has 0 saturated heterocycles. The van der Waals surface area contributed by atoms with E-state index in [4.69, 9.17) is 27.9 Å². The highest BCUT2D eigenvalue weighted by molar-refractivity contribution is 6.35. The number of aromatic nitrogens is 1. The molecular weight excluding hydrogens is 451 g/mol. The normalized spacial score (nSPS) is 12.3. The third-order valence-electron chi connectivity index (χ3n) is 4.71. The van der Waals surface area contributed by atoms with Crippen LogP contribution in [0.25, 0.3) is 10.9 Å². The van der Waals surface area contributed by atoms with E-state index in [9.17, 15) is 9.59 Å². The summed E-state index contributed by atoms with van der Waals surface area (Å²) in [5.74, 6) is -0.595. The lowest BCUT2D eigenvalue weighted by molar-refractivity contribution is -0.130. The molecule has 0 unspecified atom stereocenters. The quantitative estimate of drug-likeness (QED) is 0.370. The predicted octanol–water partition coefficient (Wildman–Crippen LogP) is 4.56. The van der Waals surface area contributed by atoms with E-state index < -0.39 is 17.9 Å². The van der Waals surface area contributed by atoms with Gasteiger partial charge in [-0.2, -0.15) is 5.10 Å². The molecule has 1 aromatic heterocycles. The van der Waals surface area contributed by atoms with E-state index in [1.54, 1.807) is 25.3 Å². The highest BCUT2D eigenvalue weighted by Crippen LogP contribution is 2.28. The van der Waals surface area contributed by atoms with Crippen molar-refractivity contribution in [1.29, 1.82) is 0 Å². The Hall–Kier alpha value is -3.03. The van der Waals surface area contributed by atoms with Crippen LogP contribution in [0.15, 0.2) is 53.8 Å². The monoisotopic (exact) mass is 474 g/mol. The zero-order chi connectivity index (χ0) is 23.3. The second-order valence-electron chi connectivity index (χ2n) is 7.45. The zero-order valence-electron chi connectivity index (χ0n) is 17.9. The number of hydrogen-bond donors (Lipinski definition) is 2. The van der Waals surface area contributed by atoms with Crippen LogP contribution in [0, 0.1) is 0 Å². The molecule has 9 heteroatoms. The van der Waals surface area contributed by atoms with Gasteiger partial charge in [-0.15, -0.1) is 0 Å². The van der Waals surface area contributed by atoms with Gasteiger partial charge in [0.25, 0.3) is 11.8 Å². The van der Waals surface area contributed by atoms with E-state index in [-0.39, 0.29) is 6.54 Å². The highest BCUT2D eigenvalue weighted by atomic mass is 35.5. The Labute approximate surface area is 196 Å². The van der Waals surface area contributed by atoms with Crippen LogP contribution in [0.3, 0.4) is 0 Å². The van der Waals surface area contributed by atoms with Crippen molar-refractivity contribution in [3.63, 3.8) is 0 Å². The van der Waals surface area contributed by atoms with E-state index in [2.05, 4.69) is 34.3 Å². The van der Waals surface area contributed by atoms with Crippen molar-refractivity contribution in [1.82, 2.24) is 15.3 Å². The number of fused-ring (bicyclic) bond motifs is 1. The molecule has 3 aromatic rings. The van der Waals surface area contributed by atoms with Crippen molar-refractivity contribution in [2.45, 2.75) is 32.9 Å². The lowest BCUT2D eigenvalue weighted by atomic mass is 10.2. The highest BCUT2D eigenvalue weighted by Gasteiger charge is 2.17. The number of hydrazone groups is 1. The summed E-state index contributed by atoms with van der Waals surface area (Å²) in [7, 11) is 0. The number of carbonyl (C=O) groups excluding carboxylic acids is 2. The van der Waals surface area contributed by atoms with Gasteiger partial charge in [-0.1, -0.05) is 41.4 Å². The Balaban J connectivity index is 1.52. The van der Waals surface area contributed by atoms with Crippen LogP contribution in [-0.4, -0.2) is 35.2 Å². The van der Waals surface area contributed by atoms with Gasteiger partial charge >= 0.3 is 0 Å². The van der Waals surface area contributed by atoms with Crippen molar-refractivity contribution in [3.8, 4) is 5.75 Å². The molecule has 2 N–H and O–H groups in total. The van der Waals surface area contributed by atoms with Gasteiger partial charge in [0.05, 0.1) is 17.8 Å². The minimum absolute atomic E-state index is 0.244. The van der Waals surface area contributed by atoms with Crippen molar-refractivity contribution < 1.29 is 14.3 Å².